The maximum atomic E-state index is 3.75. The van der Waals surface area contributed by atoms with Crippen molar-refractivity contribution in [2.24, 2.45) is 0 Å². The second-order valence-electron chi connectivity index (χ2n) is 5.81. The van der Waals surface area contributed by atoms with E-state index in [1.54, 1.807) is 10.4 Å². The summed E-state index contributed by atoms with van der Waals surface area (Å²) >= 11 is 1.92. The van der Waals surface area contributed by atoms with Gasteiger partial charge in [0, 0.05) is 30.2 Å². The molecule has 1 aliphatic rings. The molecule has 21 heavy (non-hydrogen) atoms. The Kier molecular flexibility index (Phi) is 4.94. The number of nitrogens with one attached hydrogen (secondary N) is 1. The summed E-state index contributed by atoms with van der Waals surface area (Å²) in [4.78, 5) is 3.93. The zero-order valence-electron chi connectivity index (χ0n) is 12.7. The molecule has 0 amide bonds. The predicted molar refractivity (Wildman–Crippen MR) is 92.3 cm³/mol. The van der Waals surface area contributed by atoms with Crippen LogP contribution in [0.3, 0.4) is 0 Å². The molecular weight excluding hydrogens is 276 g/mol. The van der Waals surface area contributed by atoms with Crippen molar-refractivity contribution in [1.29, 1.82) is 0 Å². The molecule has 1 N–H and O–H groups in total. The summed E-state index contributed by atoms with van der Waals surface area (Å²) in [5.41, 5.74) is 2.86. The van der Waals surface area contributed by atoms with Crippen molar-refractivity contribution >= 4 is 17.0 Å². The van der Waals surface area contributed by atoms with Crippen molar-refractivity contribution in [2.75, 3.05) is 25.0 Å². The quantitative estimate of drug-likeness (QED) is 0.803. The van der Waals surface area contributed by atoms with Crippen LogP contribution in [-0.4, -0.2) is 20.1 Å². The molecule has 3 rings (SSSR count). The minimum Gasteiger partial charge on any atom is -0.375 e. The van der Waals surface area contributed by atoms with Gasteiger partial charge in [-0.3, -0.25) is 0 Å². The number of para-hydroxylation sites is 1. The largest absolute Gasteiger partial charge is 0.375 e. The maximum Gasteiger partial charge on any atom is 0.0363 e. The third-order valence-corrected chi connectivity index (χ3v) is 5.31. The van der Waals surface area contributed by atoms with Crippen molar-refractivity contribution in [2.45, 2.75) is 31.7 Å². The third kappa shape index (κ3) is 3.66. The van der Waals surface area contributed by atoms with Gasteiger partial charge < -0.3 is 10.2 Å². The van der Waals surface area contributed by atoms with Crippen LogP contribution in [0.15, 0.2) is 41.8 Å². The smallest absolute Gasteiger partial charge is 0.0363 e. The highest BCUT2D eigenvalue weighted by atomic mass is 32.1. The Bertz CT molecular complexity index is 549. The Labute approximate surface area is 131 Å². The van der Waals surface area contributed by atoms with E-state index in [0.29, 0.717) is 6.04 Å². The van der Waals surface area contributed by atoms with Crippen LogP contribution in [0.2, 0.25) is 0 Å². The zero-order valence-corrected chi connectivity index (χ0v) is 13.5. The van der Waals surface area contributed by atoms with Crippen LogP contribution >= 0.6 is 11.3 Å². The highest BCUT2D eigenvalue weighted by molar-refractivity contribution is 7.10. The van der Waals surface area contributed by atoms with E-state index < -0.39 is 0 Å². The molecule has 1 aliphatic carbocycles. The van der Waals surface area contributed by atoms with E-state index in [2.05, 4.69) is 59.0 Å². The number of benzene rings is 1. The molecule has 1 heterocycles. The van der Waals surface area contributed by atoms with Crippen LogP contribution in [0.25, 0.3) is 0 Å². The fourth-order valence-electron chi connectivity index (χ4n) is 3.10. The van der Waals surface area contributed by atoms with Gasteiger partial charge in [-0.25, -0.2) is 0 Å². The molecule has 1 atom stereocenters. The van der Waals surface area contributed by atoms with Gasteiger partial charge in [-0.1, -0.05) is 18.2 Å². The Morgan fingerprint density at radius 2 is 2.10 bits per heavy atom. The second-order valence-corrected chi connectivity index (χ2v) is 6.81. The normalized spacial score (nSPS) is 17.5. The second kappa shape index (κ2) is 7.10. The lowest BCUT2D eigenvalue weighted by Gasteiger charge is -2.25. The van der Waals surface area contributed by atoms with Gasteiger partial charge in [0.2, 0.25) is 0 Å². The highest BCUT2D eigenvalue weighted by Crippen LogP contribution is 2.33. The lowest BCUT2D eigenvalue weighted by molar-refractivity contribution is 0.460. The van der Waals surface area contributed by atoms with Gasteiger partial charge in [0.1, 0.15) is 0 Å². The number of aryl methyl sites for hydroxylation is 1. The minimum atomic E-state index is 0.585. The van der Waals surface area contributed by atoms with Crippen LogP contribution in [0.5, 0.6) is 0 Å². The Balaban J connectivity index is 1.43. The third-order valence-electron chi connectivity index (χ3n) is 4.31. The summed E-state index contributed by atoms with van der Waals surface area (Å²) in [6.45, 7) is 2.19. The molecule has 1 aromatic carbocycles. The number of nitrogens with zero attached hydrogens (tertiary/aromatic N) is 1. The molecule has 2 aromatic rings. The summed E-state index contributed by atoms with van der Waals surface area (Å²) in [5, 5.41) is 5.99. The number of rotatable bonds is 6. The van der Waals surface area contributed by atoms with Crippen LogP contribution in [0.1, 0.15) is 35.7 Å². The van der Waals surface area contributed by atoms with Gasteiger partial charge in [-0.2, -0.15) is 0 Å². The van der Waals surface area contributed by atoms with Crippen LogP contribution in [-0.2, 0) is 6.42 Å². The summed E-state index contributed by atoms with van der Waals surface area (Å²) in [6.07, 6.45) is 5.08. The van der Waals surface area contributed by atoms with Crippen molar-refractivity contribution in [3.05, 3.63) is 52.2 Å². The maximum absolute atomic E-state index is 3.75. The first-order valence-electron chi connectivity index (χ1n) is 7.90. The molecule has 3 heteroatoms. The number of anilines is 1. The van der Waals surface area contributed by atoms with Crippen molar-refractivity contribution in [3.8, 4) is 0 Å². The Hall–Kier alpha value is -1.32. The molecule has 1 unspecified atom stereocenters. The first-order chi connectivity index (χ1) is 10.3. The molecule has 0 bridgehead atoms. The molecule has 2 nitrogen and oxygen atoms in total. The first kappa shape index (κ1) is 14.6. The highest BCUT2D eigenvalue weighted by Gasteiger charge is 2.20. The van der Waals surface area contributed by atoms with E-state index in [1.165, 1.54) is 31.4 Å². The number of fused-ring (bicyclic) bond motifs is 1. The lowest BCUT2D eigenvalue weighted by atomic mass is 9.94. The number of hydrogen-bond donors (Lipinski definition) is 1. The molecule has 0 spiro atoms. The van der Waals surface area contributed by atoms with E-state index in [4.69, 9.17) is 0 Å². The average Bonchev–Trinajstić information content (AvgIpc) is 3.01. The summed E-state index contributed by atoms with van der Waals surface area (Å²) in [6, 6.07) is 13.5. The van der Waals surface area contributed by atoms with Gasteiger partial charge in [0.15, 0.2) is 0 Å². The fourth-order valence-corrected chi connectivity index (χ4v) is 4.09. The molecule has 0 fully saturated rings. The molecule has 0 saturated heterocycles. The van der Waals surface area contributed by atoms with E-state index in [0.717, 1.165) is 13.1 Å². The van der Waals surface area contributed by atoms with Crippen molar-refractivity contribution < 1.29 is 0 Å². The van der Waals surface area contributed by atoms with Crippen LogP contribution in [0.4, 0.5) is 5.69 Å². The van der Waals surface area contributed by atoms with Gasteiger partial charge in [-0.15, -0.1) is 11.3 Å². The Morgan fingerprint density at radius 3 is 2.95 bits per heavy atom. The Morgan fingerprint density at radius 1 is 1.24 bits per heavy atom. The summed E-state index contributed by atoms with van der Waals surface area (Å²) < 4.78 is 0. The van der Waals surface area contributed by atoms with Gasteiger partial charge in [-0.05, 0) is 61.4 Å². The molecule has 1 aromatic heterocycles. The van der Waals surface area contributed by atoms with E-state index in [9.17, 15) is 0 Å². The summed E-state index contributed by atoms with van der Waals surface area (Å²) in [5.74, 6) is 0. The van der Waals surface area contributed by atoms with E-state index >= 15 is 0 Å². The van der Waals surface area contributed by atoms with Crippen LogP contribution < -0.4 is 10.2 Å². The van der Waals surface area contributed by atoms with Crippen LogP contribution in [0, 0.1) is 0 Å². The molecule has 0 saturated carbocycles. The molecule has 0 radical (unpaired) electrons. The van der Waals surface area contributed by atoms with Crippen molar-refractivity contribution in [1.82, 2.24) is 5.32 Å². The standard InChI is InChI=1S/C18H24N2S/c1-20(15-7-3-2-4-8-15)13-6-12-19-17-9-5-10-18-16(17)11-14-21-18/h2-4,7-8,11,14,17,19H,5-6,9-10,12-13H2,1H3. The topological polar surface area (TPSA) is 15.3 Å². The van der Waals surface area contributed by atoms with E-state index in [1.807, 2.05) is 11.3 Å². The van der Waals surface area contributed by atoms with Gasteiger partial charge in [0.25, 0.3) is 0 Å². The lowest BCUT2D eigenvalue weighted by Crippen LogP contribution is -2.28. The molecule has 112 valence electrons. The van der Waals surface area contributed by atoms with E-state index in [-0.39, 0.29) is 0 Å². The number of thiophene rings is 1. The monoisotopic (exact) mass is 300 g/mol. The summed E-state index contributed by atoms with van der Waals surface area (Å²) in [7, 11) is 2.17. The fraction of sp³-hybridized carbons (Fsp3) is 0.444. The SMILES string of the molecule is CN(CCCNC1CCCc2sccc21)c1ccccc1. The molecule has 0 aliphatic heterocycles. The van der Waals surface area contributed by atoms with Gasteiger partial charge >= 0.3 is 0 Å². The molecular formula is C18H24N2S. The average molecular weight is 300 g/mol. The first-order valence-corrected chi connectivity index (χ1v) is 8.78. The number of hydrogen-bond acceptors (Lipinski definition) is 3. The minimum absolute atomic E-state index is 0.585. The van der Waals surface area contributed by atoms with Crippen molar-refractivity contribution in [3.63, 3.8) is 0 Å². The predicted octanol–water partition coefficient (Wildman–Crippen LogP) is 4.24. The zero-order chi connectivity index (χ0) is 14.5. The van der Waals surface area contributed by atoms with Gasteiger partial charge in [0.05, 0.1) is 0 Å².